The van der Waals surface area contributed by atoms with Gasteiger partial charge in [-0.3, -0.25) is 4.79 Å². The highest BCUT2D eigenvalue weighted by atomic mass is 32.2. The van der Waals surface area contributed by atoms with E-state index in [-0.39, 0.29) is 11.8 Å². The molecule has 1 amide bonds. The Labute approximate surface area is 122 Å². The molecule has 0 radical (unpaired) electrons. The van der Waals surface area contributed by atoms with Crippen molar-refractivity contribution in [2.75, 3.05) is 19.3 Å². The number of amides is 1. The van der Waals surface area contributed by atoms with Gasteiger partial charge in [0.25, 0.3) is 0 Å². The minimum absolute atomic E-state index is 0.0465. The third kappa shape index (κ3) is 4.45. The average molecular weight is 302 g/mol. The molecule has 0 spiro atoms. The van der Waals surface area contributed by atoms with Crippen LogP contribution in [0.4, 0.5) is 0 Å². The van der Waals surface area contributed by atoms with E-state index in [1.54, 1.807) is 0 Å². The fourth-order valence-corrected chi connectivity index (χ4v) is 4.11. The van der Waals surface area contributed by atoms with Crippen molar-refractivity contribution in [2.24, 2.45) is 5.92 Å². The highest BCUT2D eigenvalue weighted by Gasteiger charge is 2.31. The molecule has 1 atom stereocenters. The minimum atomic E-state index is -3.18. The maximum Gasteiger partial charge on any atom is 0.224 e. The van der Waals surface area contributed by atoms with Crippen molar-refractivity contribution in [1.29, 1.82) is 0 Å². The Bertz CT molecular complexity index is 428. The van der Waals surface area contributed by atoms with E-state index >= 15 is 0 Å². The molecule has 116 valence electrons. The molecule has 1 saturated heterocycles. The smallest absolute Gasteiger partial charge is 0.224 e. The van der Waals surface area contributed by atoms with E-state index in [0.29, 0.717) is 19.1 Å². The Hall–Kier alpha value is -0.620. The molecule has 20 heavy (non-hydrogen) atoms. The minimum Gasteiger partial charge on any atom is -0.353 e. The van der Waals surface area contributed by atoms with Gasteiger partial charge in [-0.15, -0.1) is 0 Å². The van der Waals surface area contributed by atoms with Gasteiger partial charge in [-0.1, -0.05) is 25.7 Å². The lowest BCUT2D eigenvalue weighted by molar-refractivity contribution is -0.126. The molecule has 1 heterocycles. The van der Waals surface area contributed by atoms with Crippen LogP contribution in [0.5, 0.6) is 0 Å². The van der Waals surface area contributed by atoms with Gasteiger partial charge >= 0.3 is 0 Å². The number of rotatable bonds is 3. The normalized spacial score (nSPS) is 26.9. The summed E-state index contributed by atoms with van der Waals surface area (Å²) in [4.78, 5) is 12.3. The zero-order chi connectivity index (χ0) is 14.6. The molecule has 1 aliphatic carbocycles. The van der Waals surface area contributed by atoms with Crippen LogP contribution >= 0.6 is 0 Å². The zero-order valence-electron chi connectivity index (χ0n) is 12.3. The van der Waals surface area contributed by atoms with Crippen LogP contribution in [0.2, 0.25) is 0 Å². The number of piperidine rings is 1. The standard InChI is InChI=1S/C14H26N2O3S/c1-20(18,19)16-10-6-7-12(11-16)14(17)15-13-8-4-2-3-5-9-13/h12-13H,2-11H2,1H3,(H,15,17)/t12-/m1/s1. The maximum atomic E-state index is 12.3. The molecule has 2 rings (SSSR count). The van der Waals surface area contributed by atoms with Gasteiger partial charge in [-0.25, -0.2) is 12.7 Å². The Balaban J connectivity index is 1.88. The molecule has 1 saturated carbocycles. The SMILES string of the molecule is CS(=O)(=O)N1CCC[C@@H](C(=O)NC2CCCCCC2)C1. The Kier molecular flexibility index (Phi) is 5.43. The summed E-state index contributed by atoms with van der Waals surface area (Å²) in [5, 5.41) is 3.14. The van der Waals surface area contributed by atoms with E-state index in [9.17, 15) is 13.2 Å². The summed E-state index contributed by atoms with van der Waals surface area (Å²) in [7, 11) is -3.18. The number of hydrogen-bond donors (Lipinski definition) is 1. The van der Waals surface area contributed by atoms with Crippen LogP contribution in [0.15, 0.2) is 0 Å². The number of carbonyl (C=O) groups excluding carboxylic acids is 1. The molecule has 6 heteroatoms. The van der Waals surface area contributed by atoms with Crippen LogP contribution in [0, 0.1) is 5.92 Å². The number of nitrogens with one attached hydrogen (secondary N) is 1. The predicted molar refractivity (Wildman–Crippen MR) is 78.8 cm³/mol. The van der Waals surface area contributed by atoms with Gasteiger partial charge in [0.05, 0.1) is 12.2 Å². The van der Waals surface area contributed by atoms with Crippen molar-refractivity contribution in [3.8, 4) is 0 Å². The van der Waals surface area contributed by atoms with Gasteiger partial charge in [0.15, 0.2) is 0 Å². The Morgan fingerprint density at radius 3 is 2.30 bits per heavy atom. The quantitative estimate of drug-likeness (QED) is 0.803. The largest absolute Gasteiger partial charge is 0.353 e. The molecule has 0 unspecified atom stereocenters. The third-order valence-electron chi connectivity index (χ3n) is 4.43. The Morgan fingerprint density at radius 2 is 1.70 bits per heavy atom. The van der Waals surface area contributed by atoms with Crippen LogP contribution in [-0.2, 0) is 14.8 Å². The van der Waals surface area contributed by atoms with Crippen molar-refractivity contribution in [3.05, 3.63) is 0 Å². The summed E-state index contributed by atoms with van der Waals surface area (Å²) < 4.78 is 24.6. The third-order valence-corrected chi connectivity index (χ3v) is 5.70. The van der Waals surface area contributed by atoms with E-state index in [1.807, 2.05) is 0 Å². The summed E-state index contributed by atoms with van der Waals surface area (Å²) in [5.74, 6) is -0.132. The molecule has 1 aliphatic heterocycles. The second-order valence-corrected chi connectivity index (χ2v) is 8.14. The van der Waals surface area contributed by atoms with Gasteiger partial charge < -0.3 is 5.32 Å². The van der Waals surface area contributed by atoms with Gasteiger partial charge in [0.2, 0.25) is 15.9 Å². The van der Waals surface area contributed by atoms with Crippen LogP contribution in [0.25, 0.3) is 0 Å². The van der Waals surface area contributed by atoms with E-state index in [1.165, 1.54) is 36.2 Å². The summed E-state index contributed by atoms with van der Waals surface area (Å²) >= 11 is 0. The maximum absolute atomic E-state index is 12.3. The van der Waals surface area contributed by atoms with Crippen LogP contribution in [0.1, 0.15) is 51.4 Å². The van der Waals surface area contributed by atoms with Gasteiger partial charge in [-0.05, 0) is 25.7 Å². The lowest BCUT2D eigenvalue weighted by atomic mass is 9.97. The molecule has 5 nitrogen and oxygen atoms in total. The van der Waals surface area contributed by atoms with Crippen LogP contribution < -0.4 is 5.32 Å². The first-order valence-electron chi connectivity index (χ1n) is 7.72. The summed E-state index contributed by atoms with van der Waals surface area (Å²) in [5.41, 5.74) is 0. The van der Waals surface area contributed by atoms with Crippen molar-refractivity contribution in [1.82, 2.24) is 9.62 Å². The molecule has 0 aromatic rings. The number of sulfonamides is 1. The molecule has 1 N–H and O–H groups in total. The molecular formula is C14H26N2O3S. The second-order valence-electron chi connectivity index (χ2n) is 6.16. The van der Waals surface area contributed by atoms with E-state index in [4.69, 9.17) is 0 Å². The van der Waals surface area contributed by atoms with Crippen LogP contribution in [0.3, 0.4) is 0 Å². The van der Waals surface area contributed by atoms with E-state index in [0.717, 1.165) is 25.7 Å². The molecule has 0 bridgehead atoms. The number of carbonyl (C=O) groups is 1. The van der Waals surface area contributed by atoms with Gasteiger partial charge in [-0.2, -0.15) is 0 Å². The lowest BCUT2D eigenvalue weighted by Gasteiger charge is -2.31. The van der Waals surface area contributed by atoms with Gasteiger partial charge in [0, 0.05) is 19.1 Å². The lowest BCUT2D eigenvalue weighted by Crippen LogP contribution is -2.47. The monoisotopic (exact) mass is 302 g/mol. The average Bonchev–Trinajstić information content (AvgIpc) is 2.66. The Morgan fingerprint density at radius 1 is 1.05 bits per heavy atom. The molecule has 0 aromatic heterocycles. The van der Waals surface area contributed by atoms with Gasteiger partial charge in [0.1, 0.15) is 0 Å². The first-order chi connectivity index (χ1) is 9.47. The summed E-state index contributed by atoms with van der Waals surface area (Å²) in [6.07, 6.45) is 9.81. The molecule has 2 fully saturated rings. The van der Waals surface area contributed by atoms with Crippen molar-refractivity contribution >= 4 is 15.9 Å². The summed E-state index contributed by atoms with van der Waals surface area (Å²) in [6, 6.07) is 0.290. The van der Waals surface area contributed by atoms with Crippen molar-refractivity contribution in [3.63, 3.8) is 0 Å². The topological polar surface area (TPSA) is 66.5 Å². The van der Waals surface area contributed by atoms with E-state index < -0.39 is 10.0 Å². The van der Waals surface area contributed by atoms with Crippen molar-refractivity contribution < 1.29 is 13.2 Å². The number of nitrogens with zero attached hydrogens (tertiary/aromatic N) is 1. The first-order valence-corrected chi connectivity index (χ1v) is 9.57. The molecule has 0 aromatic carbocycles. The second kappa shape index (κ2) is 6.89. The zero-order valence-corrected chi connectivity index (χ0v) is 13.1. The molecular weight excluding hydrogens is 276 g/mol. The van der Waals surface area contributed by atoms with Crippen molar-refractivity contribution in [2.45, 2.75) is 57.4 Å². The fourth-order valence-electron chi connectivity index (χ4n) is 3.20. The van der Waals surface area contributed by atoms with E-state index in [2.05, 4.69) is 5.32 Å². The predicted octanol–water partition coefficient (Wildman–Crippen LogP) is 1.50. The molecule has 2 aliphatic rings. The highest BCUT2D eigenvalue weighted by molar-refractivity contribution is 7.88. The summed E-state index contributed by atoms with van der Waals surface area (Å²) in [6.45, 7) is 0.892. The fraction of sp³-hybridized carbons (Fsp3) is 0.929. The first kappa shape index (κ1) is 15.8. The highest BCUT2D eigenvalue weighted by Crippen LogP contribution is 2.21. The number of hydrogen-bond acceptors (Lipinski definition) is 3. The van der Waals surface area contributed by atoms with Crippen LogP contribution in [-0.4, -0.2) is 44.0 Å².